The van der Waals surface area contributed by atoms with Gasteiger partial charge in [-0.2, -0.15) is 0 Å². The van der Waals surface area contributed by atoms with Crippen LogP contribution in [0.2, 0.25) is 5.02 Å². The van der Waals surface area contributed by atoms with Gasteiger partial charge in [0.2, 0.25) is 12.7 Å². The average Bonchev–Trinajstić information content (AvgIpc) is 3.10. The number of ether oxygens (including phenoxy) is 4. The molecule has 0 saturated heterocycles. The van der Waals surface area contributed by atoms with E-state index in [0.717, 1.165) is 11.4 Å². The lowest BCUT2D eigenvalue weighted by Crippen LogP contribution is -2.16. The minimum atomic E-state index is -0.166. The van der Waals surface area contributed by atoms with E-state index in [2.05, 4.69) is 10.6 Å². The molecule has 0 saturated carbocycles. The number of anilines is 2. The van der Waals surface area contributed by atoms with Crippen LogP contribution in [-0.4, -0.2) is 33.5 Å². The minimum Gasteiger partial charge on any atom is -0.495 e. The molecule has 7 nitrogen and oxygen atoms in total. The van der Waals surface area contributed by atoms with Crippen molar-refractivity contribution < 1.29 is 23.7 Å². The Balaban J connectivity index is 1.56. The van der Waals surface area contributed by atoms with Gasteiger partial charge in [0.1, 0.15) is 11.5 Å². The second-order valence-corrected chi connectivity index (χ2v) is 5.89. The monoisotopic (exact) mass is 378 g/mol. The summed E-state index contributed by atoms with van der Waals surface area (Å²) in [5.74, 6) is 2.17. The van der Waals surface area contributed by atoms with Crippen molar-refractivity contribution in [1.29, 1.82) is 0 Å². The number of hydrogen-bond acceptors (Lipinski definition) is 6. The van der Waals surface area contributed by atoms with Crippen LogP contribution in [0.15, 0.2) is 30.3 Å². The van der Waals surface area contributed by atoms with Crippen molar-refractivity contribution >= 4 is 28.9 Å². The summed E-state index contributed by atoms with van der Waals surface area (Å²) in [5, 5.41) is 6.39. The predicted octanol–water partition coefficient (Wildman–Crippen LogP) is 3.53. The highest BCUT2D eigenvalue weighted by Gasteiger charge is 2.14. The van der Waals surface area contributed by atoms with Crippen LogP contribution in [0.25, 0.3) is 0 Å². The van der Waals surface area contributed by atoms with Crippen LogP contribution in [0.1, 0.15) is 6.42 Å². The molecule has 0 bridgehead atoms. The molecule has 2 aromatic carbocycles. The molecule has 0 spiro atoms. The molecule has 3 rings (SSSR count). The van der Waals surface area contributed by atoms with Gasteiger partial charge < -0.3 is 29.6 Å². The van der Waals surface area contributed by atoms with Crippen LogP contribution in [0, 0.1) is 0 Å². The van der Waals surface area contributed by atoms with Crippen LogP contribution in [0.3, 0.4) is 0 Å². The third kappa shape index (κ3) is 4.05. The second kappa shape index (κ2) is 8.05. The van der Waals surface area contributed by atoms with Crippen LogP contribution in [0.5, 0.6) is 23.0 Å². The first-order valence-corrected chi connectivity index (χ1v) is 8.33. The number of carbonyl (C=O) groups is 1. The highest BCUT2D eigenvalue weighted by atomic mass is 35.5. The van der Waals surface area contributed by atoms with Gasteiger partial charge in [-0.15, -0.1) is 0 Å². The Morgan fingerprint density at radius 1 is 1.12 bits per heavy atom. The lowest BCUT2D eigenvalue weighted by atomic mass is 10.2. The maximum absolute atomic E-state index is 12.2. The van der Waals surface area contributed by atoms with Crippen molar-refractivity contribution in [2.45, 2.75) is 6.42 Å². The molecule has 8 heteroatoms. The molecule has 26 heavy (non-hydrogen) atoms. The molecule has 138 valence electrons. The van der Waals surface area contributed by atoms with Gasteiger partial charge in [0.25, 0.3) is 0 Å². The predicted molar refractivity (Wildman–Crippen MR) is 98.9 cm³/mol. The molecule has 0 aliphatic carbocycles. The number of benzene rings is 2. The van der Waals surface area contributed by atoms with Gasteiger partial charge in [0.05, 0.1) is 24.9 Å². The first-order chi connectivity index (χ1) is 12.6. The fourth-order valence-electron chi connectivity index (χ4n) is 2.50. The third-order valence-electron chi connectivity index (χ3n) is 3.80. The Morgan fingerprint density at radius 3 is 2.65 bits per heavy atom. The molecule has 0 radical (unpaired) electrons. The zero-order chi connectivity index (χ0) is 18.5. The number of hydrogen-bond donors (Lipinski definition) is 2. The molecule has 2 aromatic rings. The lowest BCUT2D eigenvalue weighted by molar-refractivity contribution is -0.116. The normalized spacial score (nSPS) is 11.8. The molecule has 2 N–H and O–H groups in total. The number of methoxy groups -OCH3 is 2. The van der Waals surface area contributed by atoms with E-state index in [1.165, 1.54) is 14.2 Å². The summed E-state index contributed by atoms with van der Waals surface area (Å²) in [7, 11) is 3.02. The van der Waals surface area contributed by atoms with E-state index in [-0.39, 0.29) is 19.1 Å². The van der Waals surface area contributed by atoms with Crippen LogP contribution >= 0.6 is 11.6 Å². The molecular formula is C18H19ClN2O5. The summed E-state index contributed by atoms with van der Waals surface area (Å²) in [6.07, 6.45) is 0.266. The highest BCUT2D eigenvalue weighted by molar-refractivity contribution is 6.32. The van der Waals surface area contributed by atoms with Crippen molar-refractivity contribution in [2.24, 2.45) is 0 Å². The molecule has 1 aliphatic rings. The fourth-order valence-corrected chi connectivity index (χ4v) is 2.73. The topological polar surface area (TPSA) is 78.1 Å². The second-order valence-electron chi connectivity index (χ2n) is 5.48. The van der Waals surface area contributed by atoms with Crippen molar-refractivity contribution in [3.63, 3.8) is 0 Å². The molecule has 1 aliphatic heterocycles. The van der Waals surface area contributed by atoms with E-state index < -0.39 is 0 Å². The molecule has 1 amide bonds. The summed E-state index contributed by atoms with van der Waals surface area (Å²) in [5.41, 5.74) is 1.36. The number of fused-ring (bicyclic) bond motifs is 1. The first-order valence-electron chi connectivity index (χ1n) is 7.95. The SMILES string of the molecule is COc1cc(NC(=O)CCNc2ccc3c(c2)OCO3)c(OC)cc1Cl. The van der Waals surface area contributed by atoms with E-state index in [1.54, 1.807) is 12.1 Å². The lowest BCUT2D eigenvalue weighted by Gasteiger charge is -2.13. The van der Waals surface area contributed by atoms with Gasteiger partial charge in [-0.3, -0.25) is 4.79 Å². The molecule has 0 unspecified atom stereocenters. The van der Waals surface area contributed by atoms with Gasteiger partial charge in [-0.1, -0.05) is 11.6 Å². The number of halogens is 1. The molecule has 1 heterocycles. The Hall–Kier alpha value is -2.80. The number of nitrogens with one attached hydrogen (secondary N) is 2. The van der Waals surface area contributed by atoms with E-state index in [4.69, 9.17) is 30.5 Å². The summed E-state index contributed by atoms with van der Waals surface area (Å²) in [4.78, 5) is 12.2. The molecule has 0 aromatic heterocycles. The average molecular weight is 379 g/mol. The van der Waals surface area contributed by atoms with E-state index in [1.807, 2.05) is 18.2 Å². The Kier molecular flexibility index (Phi) is 5.58. The largest absolute Gasteiger partial charge is 0.495 e. The molecule has 0 fully saturated rings. The quantitative estimate of drug-likeness (QED) is 0.767. The van der Waals surface area contributed by atoms with Gasteiger partial charge in [0.15, 0.2) is 11.5 Å². The maximum Gasteiger partial charge on any atom is 0.231 e. The Labute approximate surface area is 156 Å². The summed E-state index contributed by atoms with van der Waals surface area (Å²) in [6, 6.07) is 8.77. The van der Waals surface area contributed by atoms with Gasteiger partial charge in [0, 0.05) is 36.9 Å². The summed E-state index contributed by atoms with van der Waals surface area (Å²) >= 11 is 6.06. The number of amides is 1. The zero-order valence-corrected chi connectivity index (χ0v) is 15.2. The van der Waals surface area contributed by atoms with Crippen LogP contribution in [-0.2, 0) is 4.79 Å². The van der Waals surface area contributed by atoms with Crippen molar-refractivity contribution in [1.82, 2.24) is 0 Å². The van der Waals surface area contributed by atoms with Crippen molar-refractivity contribution in [2.75, 3.05) is 38.2 Å². The minimum absolute atomic E-state index is 0.166. The highest BCUT2D eigenvalue weighted by Crippen LogP contribution is 2.36. The van der Waals surface area contributed by atoms with E-state index in [9.17, 15) is 4.79 Å². The van der Waals surface area contributed by atoms with Gasteiger partial charge in [-0.05, 0) is 12.1 Å². The number of carbonyl (C=O) groups excluding carboxylic acids is 1. The number of rotatable bonds is 7. The van der Waals surface area contributed by atoms with E-state index >= 15 is 0 Å². The van der Waals surface area contributed by atoms with Gasteiger partial charge in [-0.25, -0.2) is 0 Å². The third-order valence-corrected chi connectivity index (χ3v) is 4.10. The van der Waals surface area contributed by atoms with Crippen molar-refractivity contribution in [3.8, 4) is 23.0 Å². The zero-order valence-electron chi connectivity index (χ0n) is 14.4. The fraction of sp³-hybridized carbons (Fsp3) is 0.278. The summed E-state index contributed by atoms with van der Waals surface area (Å²) in [6.45, 7) is 0.687. The standard InChI is InChI=1S/C18H19ClN2O5/c1-23-15-9-13(16(24-2)8-12(15)19)21-18(22)5-6-20-11-3-4-14-17(7-11)26-10-25-14/h3-4,7-9,20H,5-6,10H2,1-2H3,(H,21,22). The van der Waals surface area contributed by atoms with Crippen LogP contribution in [0.4, 0.5) is 11.4 Å². The smallest absolute Gasteiger partial charge is 0.231 e. The maximum atomic E-state index is 12.2. The molecule has 0 atom stereocenters. The first kappa shape index (κ1) is 18.0. The molecular weight excluding hydrogens is 360 g/mol. The van der Waals surface area contributed by atoms with E-state index in [0.29, 0.717) is 34.5 Å². The Morgan fingerprint density at radius 2 is 1.88 bits per heavy atom. The summed E-state index contributed by atoms with van der Waals surface area (Å²) < 4.78 is 21.0. The van der Waals surface area contributed by atoms with Crippen molar-refractivity contribution in [3.05, 3.63) is 35.4 Å². The van der Waals surface area contributed by atoms with Gasteiger partial charge >= 0.3 is 0 Å². The Bertz CT molecular complexity index is 812. The van der Waals surface area contributed by atoms with Crippen LogP contribution < -0.4 is 29.6 Å².